The number of rotatable bonds is 1. The molecule has 90 valence electrons. The summed E-state index contributed by atoms with van der Waals surface area (Å²) in [6, 6.07) is 9.12. The van der Waals surface area contributed by atoms with Crippen molar-refractivity contribution >= 4 is 39.2 Å². The molecule has 17 heavy (non-hydrogen) atoms. The molecule has 0 spiro atoms. The van der Waals surface area contributed by atoms with E-state index in [9.17, 15) is 4.57 Å². The van der Waals surface area contributed by atoms with Crippen molar-refractivity contribution in [1.82, 2.24) is 0 Å². The van der Waals surface area contributed by atoms with Crippen LogP contribution in [-0.4, -0.2) is 0 Å². The summed E-state index contributed by atoms with van der Waals surface area (Å²) >= 11 is 0. The van der Waals surface area contributed by atoms with Gasteiger partial charge in [-0.1, -0.05) is 18.2 Å². The van der Waals surface area contributed by atoms with Crippen LogP contribution in [0.4, 0.5) is 5.69 Å². The van der Waals surface area contributed by atoms with Crippen molar-refractivity contribution < 1.29 is 26.1 Å². The predicted octanol–water partition coefficient (Wildman–Crippen LogP) is 4.41. The maximum Gasteiger partial charge on any atom is 0.455 e. The fourth-order valence-corrected chi connectivity index (χ4v) is 11.0. The molecule has 4 heterocycles. The largest absolute Gasteiger partial charge is 0.455 e. The molecule has 1 aromatic carbocycles. The first-order chi connectivity index (χ1) is 8.24. The third-order valence-electron chi connectivity index (χ3n) is 2.12. The van der Waals surface area contributed by atoms with Gasteiger partial charge in [-0.25, -0.2) is 30.6 Å². The highest BCUT2D eigenvalue weighted by molar-refractivity contribution is 7.90. The molecule has 1 aromatic rings. The van der Waals surface area contributed by atoms with Crippen molar-refractivity contribution in [2.75, 3.05) is 4.44 Å². The zero-order chi connectivity index (χ0) is 11.5. The Morgan fingerprint density at radius 3 is 2.24 bits per heavy atom. The molecule has 0 saturated carbocycles. The Bertz CT molecular complexity index is 483. The topological polar surface area (TPSA) is 66.5 Å². The molecule has 4 aliphatic heterocycles. The van der Waals surface area contributed by atoms with Gasteiger partial charge in [0.15, 0.2) is 0 Å². The summed E-state index contributed by atoms with van der Waals surface area (Å²) in [7, 11) is -7.95. The van der Waals surface area contributed by atoms with Crippen molar-refractivity contribution in [2.24, 2.45) is 0 Å². The maximum absolute atomic E-state index is 12.5. The average molecular weight is 311 g/mol. The van der Waals surface area contributed by atoms with Crippen LogP contribution in [0.5, 0.6) is 0 Å². The minimum atomic E-state index is -3.36. The van der Waals surface area contributed by atoms with E-state index in [0.29, 0.717) is 5.69 Å². The van der Waals surface area contributed by atoms with Crippen LogP contribution in [0.15, 0.2) is 30.3 Å². The van der Waals surface area contributed by atoms with Gasteiger partial charge < -0.3 is 0 Å². The summed E-state index contributed by atoms with van der Waals surface area (Å²) < 4.78 is 40.3. The molecule has 0 aromatic heterocycles. The first-order valence-electron chi connectivity index (χ1n) is 4.54. The van der Waals surface area contributed by atoms with Gasteiger partial charge >= 0.3 is 33.5 Å². The maximum atomic E-state index is 12.5. The van der Waals surface area contributed by atoms with E-state index in [4.69, 9.17) is 21.6 Å². The molecule has 5 rings (SSSR count). The van der Waals surface area contributed by atoms with E-state index < -0.39 is 33.5 Å². The highest BCUT2D eigenvalue weighted by Crippen LogP contribution is 2.94. The van der Waals surface area contributed by atoms with Crippen molar-refractivity contribution in [2.45, 2.75) is 0 Å². The predicted molar refractivity (Wildman–Crippen MR) is 62.7 cm³/mol. The summed E-state index contributed by atoms with van der Waals surface area (Å²) in [4.78, 5) is 0. The second-order valence-electron chi connectivity index (χ2n) is 3.19. The van der Waals surface area contributed by atoms with E-state index in [-0.39, 0.29) is 0 Å². The van der Waals surface area contributed by atoms with E-state index >= 15 is 0 Å². The Morgan fingerprint density at radius 2 is 1.65 bits per heavy atom. The summed E-state index contributed by atoms with van der Waals surface area (Å²) in [6.45, 7) is 0. The van der Waals surface area contributed by atoms with Gasteiger partial charge in [-0.15, -0.1) is 0 Å². The van der Waals surface area contributed by atoms with Crippen molar-refractivity contribution in [3.63, 3.8) is 0 Å². The van der Waals surface area contributed by atoms with Gasteiger partial charge in [0.05, 0.1) is 5.69 Å². The normalized spacial score (nSPS) is 43.1. The van der Waals surface area contributed by atoms with Crippen LogP contribution >= 0.6 is 33.5 Å². The Hall–Kier alpha value is 0.340. The van der Waals surface area contributed by atoms with Gasteiger partial charge in [-0.3, -0.25) is 0 Å². The van der Waals surface area contributed by atoms with Gasteiger partial charge in [0.1, 0.15) is 0 Å². The molecule has 2 atom stereocenters. The molecule has 0 radical (unpaired) electrons. The molecule has 4 aliphatic rings. The minimum absolute atomic E-state index is 0.688. The molecule has 2 unspecified atom stereocenters. The second kappa shape index (κ2) is 3.91. The molecule has 0 aliphatic carbocycles. The molecule has 4 saturated heterocycles. The zero-order valence-corrected chi connectivity index (χ0v) is 11.7. The molecule has 7 nitrogen and oxygen atoms in total. The van der Waals surface area contributed by atoms with Crippen molar-refractivity contribution in [3.05, 3.63) is 30.3 Å². The molecular weight excluding hydrogens is 306 g/mol. The van der Waals surface area contributed by atoms with Crippen molar-refractivity contribution in [1.29, 1.82) is 0 Å². The van der Waals surface area contributed by atoms with Gasteiger partial charge in [-0.2, -0.15) is 0 Å². The second-order valence-corrected chi connectivity index (χ2v) is 9.88. The minimum Gasteiger partial charge on any atom is -0.241 e. The number of para-hydroxylation sites is 1. The van der Waals surface area contributed by atoms with Gasteiger partial charge in [0.2, 0.25) is 0 Å². The lowest BCUT2D eigenvalue weighted by Gasteiger charge is -2.49. The number of benzene rings is 1. The van der Waals surface area contributed by atoms with Gasteiger partial charge in [0.25, 0.3) is 0 Å². The van der Waals surface area contributed by atoms with E-state index in [1.807, 2.05) is 18.2 Å². The molecular formula is C6H5NO6P4. The SMILES string of the molecule is O=P12OP3OP(OP(O3)N1c1ccccc1)O2. The van der Waals surface area contributed by atoms with Crippen molar-refractivity contribution in [3.8, 4) is 0 Å². The number of nitrogens with zero attached hydrogens (tertiary/aromatic N) is 1. The highest BCUT2D eigenvalue weighted by atomic mass is 31.4. The fourth-order valence-electron chi connectivity index (χ4n) is 1.48. The standard InChI is InChI=1S/C6H5NO6P4/c8-17-7(6-4-2-1-3-5-6)14-9-15(12-17)11-16(10-14)13-17/h1-5H. The summed E-state index contributed by atoms with van der Waals surface area (Å²) in [5, 5.41) is 0. The summed E-state index contributed by atoms with van der Waals surface area (Å²) in [5.41, 5.74) is 0.688. The Kier molecular flexibility index (Phi) is 2.58. The van der Waals surface area contributed by atoms with E-state index in [1.165, 1.54) is 4.44 Å². The number of anilines is 1. The lowest BCUT2D eigenvalue weighted by molar-refractivity contribution is 0.240. The number of hydrogen-bond donors (Lipinski definition) is 0. The molecule has 11 heteroatoms. The molecule has 0 N–H and O–H groups in total. The lowest BCUT2D eigenvalue weighted by Crippen LogP contribution is -2.27. The van der Waals surface area contributed by atoms with Crippen LogP contribution < -0.4 is 4.44 Å². The van der Waals surface area contributed by atoms with E-state index in [0.717, 1.165) is 0 Å². The Morgan fingerprint density at radius 1 is 1.00 bits per heavy atom. The summed E-state index contributed by atoms with van der Waals surface area (Å²) in [5.74, 6) is 0. The Balaban J connectivity index is 1.79. The third-order valence-corrected chi connectivity index (χ3v) is 10.4. The average Bonchev–Trinajstić information content (AvgIpc) is 2.27. The third kappa shape index (κ3) is 1.71. The fraction of sp³-hybridized carbons (Fsp3) is 0. The van der Waals surface area contributed by atoms with Gasteiger partial charge in [0, 0.05) is 0 Å². The number of hydrogen-bond acceptors (Lipinski definition) is 6. The summed E-state index contributed by atoms with van der Waals surface area (Å²) in [6.07, 6.45) is 0. The Labute approximate surface area is 101 Å². The monoisotopic (exact) mass is 311 g/mol. The molecule has 4 fully saturated rings. The van der Waals surface area contributed by atoms with Crippen LogP contribution in [0.1, 0.15) is 0 Å². The highest BCUT2D eigenvalue weighted by Gasteiger charge is 2.63. The van der Waals surface area contributed by atoms with Crippen LogP contribution in [0.2, 0.25) is 0 Å². The van der Waals surface area contributed by atoms with Crippen LogP contribution in [0.25, 0.3) is 0 Å². The van der Waals surface area contributed by atoms with Crippen LogP contribution in [0, 0.1) is 0 Å². The van der Waals surface area contributed by atoms with Crippen LogP contribution in [-0.2, 0) is 26.1 Å². The lowest BCUT2D eigenvalue weighted by atomic mass is 10.3. The first-order valence-corrected chi connectivity index (χ1v) is 9.36. The van der Waals surface area contributed by atoms with E-state index in [2.05, 4.69) is 0 Å². The van der Waals surface area contributed by atoms with E-state index in [1.54, 1.807) is 12.1 Å². The zero-order valence-electron chi connectivity index (χ0n) is 8.07. The van der Waals surface area contributed by atoms with Gasteiger partial charge in [-0.05, 0) is 12.1 Å². The smallest absolute Gasteiger partial charge is 0.241 e. The van der Waals surface area contributed by atoms with Crippen LogP contribution in [0.3, 0.4) is 0 Å². The molecule has 0 amide bonds. The first kappa shape index (κ1) is 11.2. The quantitative estimate of drug-likeness (QED) is 0.712. The molecule has 4 bridgehead atoms.